The first-order valence-electron chi connectivity index (χ1n) is 8.40. The summed E-state index contributed by atoms with van der Waals surface area (Å²) in [5.74, 6) is 2.68. The van der Waals surface area contributed by atoms with Gasteiger partial charge in [0.25, 0.3) is 0 Å². The highest BCUT2D eigenvalue weighted by Gasteiger charge is 2.05. The van der Waals surface area contributed by atoms with Crippen molar-refractivity contribution in [2.75, 3.05) is 27.4 Å². The van der Waals surface area contributed by atoms with Gasteiger partial charge in [-0.3, -0.25) is 0 Å². The molecule has 0 amide bonds. The van der Waals surface area contributed by atoms with Crippen LogP contribution in [0.1, 0.15) is 24.5 Å². The van der Waals surface area contributed by atoms with Crippen molar-refractivity contribution in [2.45, 2.75) is 26.3 Å². The van der Waals surface area contributed by atoms with Crippen molar-refractivity contribution in [2.24, 2.45) is 0 Å². The largest absolute Gasteiger partial charge is 0.497 e. The highest BCUT2D eigenvalue weighted by molar-refractivity contribution is 5.40. The third-order valence-corrected chi connectivity index (χ3v) is 3.76. The zero-order valence-electron chi connectivity index (χ0n) is 14.8. The summed E-state index contributed by atoms with van der Waals surface area (Å²) in [6.45, 7) is 4.55. The molecule has 0 radical (unpaired) electrons. The quantitative estimate of drug-likeness (QED) is 0.673. The van der Waals surface area contributed by atoms with Crippen LogP contribution in [0.3, 0.4) is 0 Å². The molecule has 0 aliphatic rings. The van der Waals surface area contributed by atoms with Gasteiger partial charge in [-0.15, -0.1) is 0 Å². The maximum Gasteiger partial charge on any atom is 0.122 e. The Morgan fingerprint density at radius 2 is 1.83 bits per heavy atom. The Labute approximate surface area is 144 Å². The molecule has 2 aromatic rings. The molecule has 0 saturated carbocycles. The van der Waals surface area contributed by atoms with Crippen molar-refractivity contribution in [3.8, 4) is 17.2 Å². The third kappa shape index (κ3) is 5.46. The minimum Gasteiger partial charge on any atom is -0.497 e. The molecule has 0 saturated heterocycles. The predicted octanol–water partition coefficient (Wildman–Crippen LogP) is 3.82. The maximum atomic E-state index is 5.67. The first kappa shape index (κ1) is 18.1. The summed E-state index contributed by atoms with van der Waals surface area (Å²) in [7, 11) is 3.37. The highest BCUT2D eigenvalue weighted by atomic mass is 16.5. The Hall–Kier alpha value is -2.20. The smallest absolute Gasteiger partial charge is 0.122 e. The normalized spacial score (nSPS) is 10.5. The summed E-state index contributed by atoms with van der Waals surface area (Å²) in [6, 6.07) is 14.1. The molecule has 0 heterocycles. The number of methoxy groups -OCH3 is 2. The van der Waals surface area contributed by atoms with Crippen LogP contribution in [-0.4, -0.2) is 27.4 Å². The summed E-state index contributed by atoms with van der Waals surface area (Å²) >= 11 is 0. The number of hydrogen-bond acceptors (Lipinski definition) is 4. The van der Waals surface area contributed by atoms with E-state index in [1.165, 1.54) is 5.56 Å². The van der Waals surface area contributed by atoms with Crippen LogP contribution < -0.4 is 19.5 Å². The monoisotopic (exact) mass is 329 g/mol. The number of rotatable bonds is 10. The molecule has 0 atom stereocenters. The van der Waals surface area contributed by atoms with Gasteiger partial charge in [0.2, 0.25) is 0 Å². The van der Waals surface area contributed by atoms with Crippen molar-refractivity contribution in [3.05, 3.63) is 53.6 Å². The first-order valence-corrected chi connectivity index (χ1v) is 8.40. The minimum absolute atomic E-state index is 0.756. The average Bonchev–Trinajstić information content (AvgIpc) is 2.63. The summed E-state index contributed by atoms with van der Waals surface area (Å²) in [5, 5.41) is 3.47. The molecule has 0 aliphatic carbocycles. The van der Waals surface area contributed by atoms with E-state index in [0.717, 1.165) is 55.4 Å². The first-order chi connectivity index (χ1) is 11.8. The number of benzene rings is 2. The van der Waals surface area contributed by atoms with Gasteiger partial charge in [-0.25, -0.2) is 0 Å². The van der Waals surface area contributed by atoms with E-state index in [9.17, 15) is 0 Å². The van der Waals surface area contributed by atoms with E-state index in [4.69, 9.17) is 14.2 Å². The van der Waals surface area contributed by atoms with Crippen LogP contribution in [0, 0.1) is 0 Å². The SMILES string of the molecule is CCCOc1cccc(CNCCc2cc(OC)ccc2OC)c1. The average molecular weight is 329 g/mol. The van der Waals surface area contributed by atoms with E-state index in [0.29, 0.717) is 0 Å². The van der Waals surface area contributed by atoms with Gasteiger partial charge in [0, 0.05) is 6.54 Å². The molecule has 2 rings (SSSR count). The molecule has 0 aliphatic heterocycles. The standard InChI is InChI=1S/C20H27NO3/c1-4-12-24-19-7-5-6-16(13-19)15-21-11-10-17-14-18(22-2)8-9-20(17)23-3/h5-9,13-14,21H,4,10-12,15H2,1-3H3. The van der Waals surface area contributed by atoms with Gasteiger partial charge < -0.3 is 19.5 Å². The Kier molecular flexibility index (Phi) is 7.43. The minimum atomic E-state index is 0.756. The second kappa shape index (κ2) is 9.83. The van der Waals surface area contributed by atoms with E-state index < -0.39 is 0 Å². The molecule has 130 valence electrons. The van der Waals surface area contributed by atoms with Gasteiger partial charge in [0.1, 0.15) is 17.2 Å². The number of ether oxygens (including phenoxy) is 3. The second-order valence-electron chi connectivity index (χ2n) is 5.60. The van der Waals surface area contributed by atoms with Crippen LogP contribution in [-0.2, 0) is 13.0 Å². The molecule has 1 N–H and O–H groups in total. The second-order valence-corrected chi connectivity index (χ2v) is 5.60. The number of nitrogens with one attached hydrogen (secondary N) is 1. The zero-order chi connectivity index (χ0) is 17.2. The van der Waals surface area contributed by atoms with Crippen molar-refractivity contribution in [1.29, 1.82) is 0 Å². The molecule has 4 heteroatoms. The molecule has 4 nitrogen and oxygen atoms in total. The lowest BCUT2D eigenvalue weighted by Crippen LogP contribution is -2.17. The third-order valence-electron chi connectivity index (χ3n) is 3.76. The van der Waals surface area contributed by atoms with Crippen LogP contribution in [0.5, 0.6) is 17.2 Å². The van der Waals surface area contributed by atoms with E-state index in [2.05, 4.69) is 24.4 Å². The lowest BCUT2D eigenvalue weighted by Gasteiger charge is -2.11. The molecule has 2 aromatic carbocycles. The van der Waals surface area contributed by atoms with Crippen LogP contribution >= 0.6 is 0 Å². The summed E-state index contributed by atoms with van der Waals surface area (Å²) in [6.07, 6.45) is 1.90. The Bertz CT molecular complexity index is 628. The van der Waals surface area contributed by atoms with E-state index in [1.807, 2.05) is 30.3 Å². The van der Waals surface area contributed by atoms with Crippen molar-refractivity contribution >= 4 is 0 Å². The predicted molar refractivity (Wildman–Crippen MR) is 97.2 cm³/mol. The Morgan fingerprint density at radius 3 is 2.58 bits per heavy atom. The van der Waals surface area contributed by atoms with E-state index >= 15 is 0 Å². The zero-order valence-corrected chi connectivity index (χ0v) is 14.8. The fraction of sp³-hybridized carbons (Fsp3) is 0.400. The fourth-order valence-corrected chi connectivity index (χ4v) is 2.50. The van der Waals surface area contributed by atoms with Crippen LogP contribution in [0.4, 0.5) is 0 Å². The summed E-state index contributed by atoms with van der Waals surface area (Å²) in [5.41, 5.74) is 2.37. The van der Waals surface area contributed by atoms with Gasteiger partial charge in [0.05, 0.1) is 20.8 Å². The Balaban J connectivity index is 1.84. The van der Waals surface area contributed by atoms with Gasteiger partial charge in [-0.05, 0) is 60.8 Å². The lowest BCUT2D eigenvalue weighted by atomic mass is 10.1. The molecular formula is C20H27NO3. The number of hydrogen-bond donors (Lipinski definition) is 1. The van der Waals surface area contributed by atoms with Crippen molar-refractivity contribution in [3.63, 3.8) is 0 Å². The van der Waals surface area contributed by atoms with Crippen molar-refractivity contribution < 1.29 is 14.2 Å². The van der Waals surface area contributed by atoms with Crippen molar-refractivity contribution in [1.82, 2.24) is 5.32 Å². The van der Waals surface area contributed by atoms with Crippen LogP contribution in [0.15, 0.2) is 42.5 Å². The van der Waals surface area contributed by atoms with E-state index in [-0.39, 0.29) is 0 Å². The van der Waals surface area contributed by atoms with Gasteiger partial charge >= 0.3 is 0 Å². The Morgan fingerprint density at radius 1 is 0.958 bits per heavy atom. The summed E-state index contributed by atoms with van der Waals surface area (Å²) in [4.78, 5) is 0. The molecule has 0 fully saturated rings. The van der Waals surface area contributed by atoms with E-state index in [1.54, 1.807) is 14.2 Å². The molecule has 0 aromatic heterocycles. The molecule has 0 bridgehead atoms. The molecular weight excluding hydrogens is 302 g/mol. The molecule has 0 spiro atoms. The lowest BCUT2D eigenvalue weighted by molar-refractivity contribution is 0.317. The maximum absolute atomic E-state index is 5.67. The molecule has 0 unspecified atom stereocenters. The fourth-order valence-electron chi connectivity index (χ4n) is 2.50. The molecule has 24 heavy (non-hydrogen) atoms. The summed E-state index contributed by atoms with van der Waals surface area (Å²) < 4.78 is 16.4. The van der Waals surface area contributed by atoms with Crippen LogP contribution in [0.2, 0.25) is 0 Å². The topological polar surface area (TPSA) is 39.7 Å². The van der Waals surface area contributed by atoms with Gasteiger partial charge in [0.15, 0.2) is 0 Å². The van der Waals surface area contributed by atoms with Gasteiger partial charge in [-0.1, -0.05) is 19.1 Å². The van der Waals surface area contributed by atoms with Crippen LogP contribution in [0.25, 0.3) is 0 Å². The highest BCUT2D eigenvalue weighted by Crippen LogP contribution is 2.24. The van der Waals surface area contributed by atoms with Gasteiger partial charge in [-0.2, -0.15) is 0 Å².